The highest BCUT2D eigenvalue weighted by Crippen LogP contribution is 2.28. The minimum absolute atomic E-state index is 0.144. The number of aromatic nitrogens is 1. The standard InChI is InChI=1S/C25H27FN2O/c26-23-13-6-10-21(16-23)18-27-15-7-14-24(27)19-28(17-20-8-2-1-3-9-20)25(29)22-11-4-5-12-22/h1-3,6-10,13-16,22H,4-5,11-12,17-19H2. The van der Waals surface area contributed by atoms with E-state index in [-0.39, 0.29) is 17.6 Å². The maximum atomic E-state index is 13.6. The van der Waals surface area contributed by atoms with Gasteiger partial charge in [-0.25, -0.2) is 4.39 Å². The molecule has 29 heavy (non-hydrogen) atoms. The fourth-order valence-corrected chi connectivity index (χ4v) is 4.22. The molecule has 1 aliphatic rings. The predicted molar refractivity (Wildman–Crippen MR) is 113 cm³/mol. The Hall–Kier alpha value is -2.88. The SMILES string of the molecule is O=C(C1CCCC1)N(Cc1ccccc1)Cc1cccn1Cc1cccc(F)c1. The molecule has 0 atom stereocenters. The molecule has 0 radical (unpaired) electrons. The first-order valence-electron chi connectivity index (χ1n) is 10.4. The van der Waals surface area contributed by atoms with Gasteiger partial charge < -0.3 is 9.47 Å². The van der Waals surface area contributed by atoms with Crippen molar-refractivity contribution in [1.29, 1.82) is 0 Å². The monoisotopic (exact) mass is 390 g/mol. The number of rotatable bonds is 7. The van der Waals surface area contributed by atoms with Crippen LogP contribution in [0.5, 0.6) is 0 Å². The zero-order chi connectivity index (χ0) is 20.1. The van der Waals surface area contributed by atoms with Gasteiger partial charge in [0, 0.05) is 30.9 Å². The summed E-state index contributed by atoms with van der Waals surface area (Å²) in [7, 11) is 0. The summed E-state index contributed by atoms with van der Waals surface area (Å²) in [6.45, 7) is 1.77. The van der Waals surface area contributed by atoms with Crippen LogP contribution >= 0.6 is 0 Å². The Labute approximate surface area is 171 Å². The van der Waals surface area contributed by atoms with Gasteiger partial charge in [0.25, 0.3) is 0 Å². The maximum absolute atomic E-state index is 13.6. The lowest BCUT2D eigenvalue weighted by Gasteiger charge is -2.26. The Morgan fingerprint density at radius 2 is 1.69 bits per heavy atom. The number of benzene rings is 2. The summed E-state index contributed by atoms with van der Waals surface area (Å²) in [6, 6.07) is 20.9. The van der Waals surface area contributed by atoms with Gasteiger partial charge in [-0.05, 0) is 48.2 Å². The Kier molecular flexibility index (Phi) is 6.09. The zero-order valence-corrected chi connectivity index (χ0v) is 16.6. The molecule has 1 aliphatic carbocycles. The van der Waals surface area contributed by atoms with E-state index in [1.54, 1.807) is 12.1 Å². The van der Waals surface area contributed by atoms with Crippen LogP contribution in [0.15, 0.2) is 72.9 Å². The highest BCUT2D eigenvalue weighted by atomic mass is 19.1. The molecule has 0 saturated heterocycles. The van der Waals surface area contributed by atoms with Gasteiger partial charge in [-0.15, -0.1) is 0 Å². The average molecular weight is 391 g/mol. The second-order valence-corrected chi connectivity index (χ2v) is 7.92. The van der Waals surface area contributed by atoms with Crippen molar-refractivity contribution in [3.63, 3.8) is 0 Å². The zero-order valence-electron chi connectivity index (χ0n) is 16.6. The van der Waals surface area contributed by atoms with Crippen molar-refractivity contribution in [1.82, 2.24) is 9.47 Å². The summed E-state index contributed by atoms with van der Waals surface area (Å²) in [4.78, 5) is 15.2. The predicted octanol–water partition coefficient (Wildman–Crippen LogP) is 5.39. The minimum Gasteiger partial charge on any atom is -0.345 e. The van der Waals surface area contributed by atoms with E-state index in [1.165, 1.54) is 6.07 Å². The maximum Gasteiger partial charge on any atom is 0.226 e. The molecule has 3 aromatic rings. The molecule has 0 unspecified atom stereocenters. The van der Waals surface area contributed by atoms with Crippen molar-refractivity contribution in [2.75, 3.05) is 0 Å². The molecule has 3 nitrogen and oxygen atoms in total. The van der Waals surface area contributed by atoms with Gasteiger partial charge in [-0.1, -0.05) is 55.3 Å². The summed E-state index contributed by atoms with van der Waals surface area (Å²) in [6.07, 6.45) is 6.28. The van der Waals surface area contributed by atoms with Gasteiger partial charge in [0.2, 0.25) is 5.91 Å². The van der Waals surface area contributed by atoms with Gasteiger partial charge >= 0.3 is 0 Å². The molecule has 4 rings (SSSR count). The topological polar surface area (TPSA) is 25.2 Å². The van der Waals surface area contributed by atoms with Crippen molar-refractivity contribution in [3.8, 4) is 0 Å². The van der Waals surface area contributed by atoms with Crippen molar-refractivity contribution in [3.05, 3.63) is 95.6 Å². The Morgan fingerprint density at radius 1 is 0.931 bits per heavy atom. The lowest BCUT2D eigenvalue weighted by Crippen LogP contribution is -2.35. The van der Waals surface area contributed by atoms with Gasteiger partial charge in [0.15, 0.2) is 0 Å². The highest BCUT2D eigenvalue weighted by Gasteiger charge is 2.27. The second kappa shape index (κ2) is 9.08. The molecule has 1 heterocycles. The van der Waals surface area contributed by atoms with Crippen LogP contribution in [0.4, 0.5) is 4.39 Å². The summed E-state index contributed by atoms with van der Waals surface area (Å²) in [5, 5.41) is 0. The van der Waals surface area contributed by atoms with Gasteiger partial charge in [-0.2, -0.15) is 0 Å². The van der Waals surface area contributed by atoms with Crippen molar-refractivity contribution in [2.45, 2.75) is 45.3 Å². The molecule has 0 aliphatic heterocycles. The number of nitrogens with zero attached hydrogens (tertiary/aromatic N) is 2. The van der Waals surface area contributed by atoms with E-state index in [4.69, 9.17) is 0 Å². The van der Waals surface area contributed by atoms with Crippen LogP contribution in [-0.2, 0) is 24.4 Å². The van der Waals surface area contributed by atoms with Crippen molar-refractivity contribution in [2.24, 2.45) is 5.92 Å². The fraction of sp³-hybridized carbons (Fsp3) is 0.320. The number of hydrogen-bond acceptors (Lipinski definition) is 1. The molecule has 0 spiro atoms. The van der Waals surface area contributed by atoms with Crippen LogP contribution < -0.4 is 0 Å². The van der Waals surface area contributed by atoms with E-state index in [2.05, 4.69) is 22.8 Å². The highest BCUT2D eigenvalue weighted by molar-refractivity contribution is 5.79. The molecule has 1 aromatic heterocycles. The largest absolute Gasteiger partial charge is 0.345 e. The lowest BCUT2D eigenvalue weighted by molar-refractivity contribution is -0.136. The van der Waals surface area contributed by atoms with Gasteiger partial charge in [0.1, 0.15) is 5.82 Å². The van der Waals surface area contributed by atoms with Crippen molar-refractivity contribution >= 4 is 5.91 Å². The van der Waals surface area contributed by atoms with E-state index in [0.717, 1.165) is 42.5 Å². The summed E-state index contributed by atoms with van der Waals surface area (Å²) < 4.78 is 15.7. The normalized spacial score (nSPS) is 14.2. The molecule has 1 fully saturated rings. The van der Waals surface area contributed by atoms with Crippen LogP contribution in [0, 0.1) is 11.7 Å². The molecule has 1 amide bonds. The molecule has 2 aromatic carbocycles. The van der Waals surface area contributed by atoms with Crippen LogP contribution in [-0.4, -0.2) is 15.4 Å². The van der Waals surface area contributed by atoms with Crippen molar-refractivity contribution < 1.29 is 9.18 Å². The Balaban J connectivity index is 1.54. The Morgan fingerprint density at radius 3 is 2.45 bits per heavy atom. The molecule has 0 bridgehead atoms. The summed E-state index contributed by atoms with van der Waals surface area (Å²) in [5.74, 6) is 0.175. The second-order valence-electron chi connectivity index (χ2n) is 7.92. The molecule has 150 valence electrons. The Bertz CT molecular complexity index is 944. The first kappa shape index (κ1) is 19.4. The number of halogens is 1. The molecular formula is C25H27FN2O. The lowest BCUT2D eigenvalue weighted by atomic mass is 10.1. The smallest absolute Gasteiger partial charge is 0.226 e. The number of hydrogen-bond donors (Lipinski definition) is 0. The van der Waals surface area contributed by atoms with E-state index >= 15 is 0 Å². The number of amides is 1. The summed E-state index contributed by atoms with van der Waals surface area (Å²) >= 11 is 0. The van der Waals surface area contributed by atoms with Crippen LogP contribution in [0.2, 0.25) is 0 Å². The third-order valence-electron chi connectivity index (χ3n) is 5.75. The van der Waals surface area contributed by atoms with E-state index in [1.807, 2.05) is 41.4 Å². The first-order valence-corrected chi connectivity index (χ1v) is 10.4. The van der Waals surface area contributed by atoms with Gasteiger partial charge in [-0.3, -0.25) is 4.79 Å². The van der Waals surface area contributed by atoms with Gasteiger partial charge in [0.05, 0.1) is 6.54 Å². The van der Waals surface area contributed by atoms with Crippen LogP contribution in [0.3, 0.4) is 0 Å². The molecular weight excluding hydrogens is 363 g/mol. The van der Waals surface area contributed by atoms with Crippen LogP contribution in [0.25, 0.3) is 0 Å². The van der Waals surface area contributed by atoms with Crippen LogP contribution in [0.1, 0.15) is 42.5 Å². The molecule has 1 saturated carbocycles. The van der Waals surface area contributed by atoms with E-state index in [9.17, 15) is 9.18 Å². The first-order chi connectivity index (χ1) is 14.2. The average Bonchev–Trinajstić information content (AvgIpc) is 3.40. The number of carbonyl (C=O) groups excluding carboxylic acids is 1. The quantitative estimate of drug-likeness (QED) is 0.531. The summed E-state index contributed by atoms with van der Waals surface area (Å²) in [5.41, 5.74) is 3.12. The third-order valence-corrected chi connectivity index (χ3v) is 5.75. The third kappa shape index (κ3) is 4.94. The molecule has 0 N–H and O–H groups in total. The van der Waals surface area contributed by atoms with E-state index < -0.39 is 0 Å². The molecule has 4 heteroatoms. The fourth-order valence-electron chi connectivity index (χ4n) is 4.22. The number of carbonyl (C=O) groups is 1. The minimum atomic E-state index is -0.224. The van der Waals surface area contributed by atoms with E-state index in [0.29, 0.717) is 19.6 Å².